The predicted octanol–water partition coefficient (Wildman–Crippen LogP) is 2.86. The molecule has 100 valence electrons. The van der Waals surface area contributed by atoms with Gasteiger partial charge in [-0.15, -0.1) is 0 Å². The third kappa shape index (κ3) is 4.18. The standard InChI is InChI=1S/C13H17N5O/c1-9-6-11(7-10(2)13(9)19)12(8-14)16-4-3-5-17-18-15/h6-7,12,16,19H,3-5H2,1-2H3. The molecule has 0 radical (unpaired) electrons. The van der Waals surface area contributed by atoms with Crippen LogP contribution in [0.25, 0.3) is 10.4 Å². The summed E-state index contributed by atoms with van der Waals surface area (Å²) in [5.41, 5.74) is 10.5. The summed E-state index contributed by atoms with van der Waals surface area (Å²) in [7, 11) is 0. The van der Waals surface area contributed by atoms with Crippen molar-refractivity contribution in [1.82, 2.24) is 5.32 Å². The highest BCUT2D eigenvalue weighted by molar-refractivity contribution is 5.44. The van der Waals surface area contributed by atoms with Gasteiger partial charge in [-0.2, -0.15) is 5.26 Å². The number of nitriles is 1. The lowest BCUT2D eigenvalue weighted by Crippen LogP contribution is -2.21. The van der Waals surface area contributed by atoms with Gasteiger partial charge in [0, 0.05) is 11.5 Å². The van der Waals surface area contributed by atoms with Crippen LogP contribution in [0.4, 0.5) is 0 Å². The first-order valence-electron chi connectivity index (χ1n) is 6.04. The molecule has 0 aromatic heterocycles. The van der Waals surface area contributed by atoms with Crippen molar-refractivity contribution in [2.24, 2.45) is 5.11 Å². The zero-order valence-corrected chi connectivity index (χ0v) is 11.1. The van der Waals surface area contributed by atoms with E-state index < -0.39 is 6.04 Å². The lowest BCUT2D eigenvalue weighted by atomic mass is 10.0. The van der Waals surface area contributed by atoms with Gasteiger partial charge in [0.05, 0.1) is 6.07 Å². The van der Waals surface area contributed by atoms with Crippen LogP contribution in [0.1, 0.15) is 29.2 Å². The van der Waals surface area contributed by atoms with Crippen LogP contribution >= 0.6 is 0 Å². The predicted molar refractivity (Wildman–Crippen MR) is 72.6 cm³/mol. The van der Waals surface area contributed by atoms with Gasteiger partial charge in [0.2, 0.25) is 0 Å². The van der Waals surface area contributed by atoms with Gasteiger partial charge in [0.15, 0.2) is 0 Å². The largest absolute Gasteiger partial charge is 0.507 e. The van der Waals surface area contributed by atoms with E-state index in [1.54, 1.807) is 12.1 Å². The van der Waals surface area contributed by atoms with Crippen molar-refractivity contribution in [3.8, 4) is 11.8 Å². The Hall–Kier alpha value is -2.22. The molecule has 2 N–H and O–H groups in total. The normalized spacial score (nSPS) is 11.4. The molecule has 19 heavy (non-hydrogen) atoms. The number of phenolic OH excluding ortho intramolecular Hbond substituents is 1. The SMILES string of the molecule is Cc1cc(C(C#N)NCCCN=[N+]=[N-])cc(C)c1O. The van der Waals surface area contributed by atoms with Gasteiger partial charge in [-0.25, -0.2) is 0 Å². The fourth-order valence-corrected chi connectivity index (χ4v) is 1.83. The number of nitrogens with zero attached hydrogens (tertiary/aromatic N) is 4. The zero-order chi connectivity index (χ0) is 14.3. The number of hydrogen-bond acceptors (Lipinski definition) is 4. The first kappa shape index (κ1) is 14.8. The lowest BCUT2D eigenvalue weighted by molar-refractivity contribution is 0.466. The molecule has 0 spiro atoms. The Kier molecular flexibility index (Phi) is 5.68. The molecule has 0 aliphatic heterocycles. The van der Waals surface area contributed by atoms with Crippen molar-refractivity contribution in [1.29, 1.82) is 5.26 Å². The topological polar surface area (TPSA) is 105 Å². The highest BCUT2D eigenvalue weighted by atomic mass is 16.3. The molecule has 6 nitrogen and oxygen atoms in total. The van der Waals surface area contributed by atoms with Crippen LogP contribution in [0, 0.1) is 25.2 Å². The maximum absolute atomic E-state index is 9.71. The molecule has 0 saturated carbocycles. The van der Waals surface area contributed by atoms with E-state index in [-0.39, 0.29) is 5.75 Å². The summed E-state index contributed by atoms with van der Waals surface area (Å²) in [6.07, 6.45) is 0.679. The molecule has 0 aliphatic carbocycles. The number of hydrogen-bond donors (Lipinski definition) is 2. The van der Waals surface area contributed by atoms with Crippen LogP contribution in [0.3, 0.4) is 0 Å². The second kappa shape index (κ2) is 7.27. The Bertz CT molecular complexity index is 505. The Morgan fingerprint density at radius 2 is 2.11 bits per heavy atom. The minimum Gasteiger partial charge on any atom is -0.507 e. The third-order valence-electron chi connectivity index (χ3n) is 2.82. The van der Waals surface area contributed by atoms with Crippen LogP contribution in [-0.4, -0.2) is 18.2 Å². The second-order valence-electron chi connectivity index (χ2n) is 4.33. The number of azide groups is 1. The molecule has 1 aromatic carbocycles. The second-order valence-corrected chi connectivity index (χ2v) is 4.33. The van der Waals surface area contributed by atoms with Crippen LogP contribution in [0.15, 0.2) is 17.2 Å². The van der Waals surface area contributed by atoms with Crippen LogP contribution < -0.4 is 5.32 Å². The highest BCUT2D eigenvalue weighted by Crippen LogP contribution is 2.25. The smallest absolute Gasteiger partial charge is 0.121 e. The summed E-state index contributed by atoms with van der Waals surface area (Å²) in [5, 5.41) is 25.4. The van der Waals surface area contributed by atoms with Gasteiger partial charge in [0.25, 0.3) is 0 Å². The highest BCUT2D eigenvalue weighted by Gasteiger charge is 2.12. The average molecular weight is 259 g/mol. The van der Waals surface area contributed by atoms with Gasteiger partial charge in [-0.05, 0) is 61.2 Å². The van der Waals surface area contributed by atoms with E-state index in [4.69, 9.17) is 5.53 Å². The molecule has 0 aliphatic rings. The first-order valence-corrected chi connectivity index (χ1v) is 6.04. The number of phenols is 1. The molecular weight excluding hydrogens is 242 g/mol. The van der Waals surface area contributed by atoms with Crippen molar-refractivity contribution in [3.05, 3.63) is 39.3 Å². The maximum Gasteiger partial charge on any atom is 0.121 e. The molecule has 0 saturated heterocycles. The van der Waals surface area contributed by atoms with Crippen LogP contribution in [-0.2, 0) is 0 Å². The summed E-state index contributed by atoms with van der Waals surface area (Å²) in [4.78, 5) is 2.67. The molecule has 0 bridgehead atoms. The molecule has 0 fully saturated rings. The average Bonchev–Trinajstić information content (AvgIpc) is 2.39. The minimum absolute atomic E-state index is 0.267. The van der Waals surface area contributed by atoms with Gasteiger partial charge < -0.3 is 5.11 Å². The van der Waals surface area contributed by atoms with E-state index in [9.17, 15) is 10.4 Å². The Balaban J connectivity index is 2.70. The summed E-state index contributed by atoms with van der Waals surface area (Å²) in [5.74, 6) is 0.267. The molecule has 6 heteroatoms. The molecule has 0 amide bonds. The summed E-state index contributed by atoms with van der Waals surface area (Å²) in [6.45, 7) is 4.62. The third-order valence-corrected chi connectivity index (χ3v) is 2.82. The van der Waals surface area contributed by atoms with E-state index in [1.165, 1.54) is 0 Å². The fourth-order valence-electron chi connectivity index (χ4n) is 1.83. The van der Waals surface area contributed by atoms with Crippen LogP contribution in [0.2, 0.25) is 0 Å². The van der Waals surface area contributed by atoms with Crippen molar-refractivity contribution >= 4 is 0 Å². The molecule has 1 atom stereocenters. The maximum atomic E-state index is 9.71. The van der Waals surface area contributed by atoms with E-state index in [2.05, 4.69) is 21.4 Å². The number of benzene rings is 1. The van der Waals surface area contributed by atoms with E-state index in [0.29, 0.717) is 19.5 Å². The quantitative estimate of drug-likeness (QED) is 0.355. The Labute approximate surface area is 112 Å². The minimum atomic E-state index is -0.427. The first-order chi connectivity index (χ1) is 9.10. The number of aromatic hydroxyl groups is 1. The number of rotatable bonds is 6. The summed E-state index contributed by atoms with van der Waals surface area (Å²) >= 11 is 0. The van der Waals surface area contributed by atoms with E-state index in [0.717, 1.165) is 16.7 Å². The molecule has 1 rings (SSSR count). The molecule has 1 aromatic rings. The van der Waals surface area contributed by atoms with E-state index in [1.807, 2.05) is 13.8 Å². The summed E-state index contributed by atoms with van der Waals surface area (Å²) < 4.78 is 0. The lowest BCUT2D eigenvalue weighted by Gasteiger charge is -2.14. The number of aryl methyl sites for hydroxylation is 2. The monoisotopic (exact) mass is 259 g/mol. The molecular formula is C13H17N5O. The summed E-state index contributed by atoms with van der Waals surface area (Å²) in [6, 6.07) is 5.36. The Morgan fingerprint density at radius 1 is 1.47 bits per heavy atom. The zero-order valence-electron chi connectivity index (χ0n) is 11.1. The van der Waals surface area contributed by atoms with Crippen molar-refractivity contribution in [2.75, 3.05) is 13.1 Å². The van der Waals surface area contributed by atoms with Crippen molar-refractivity contribution in [2.45, 2.75) is 26.3 Å². The van der Waals surface area contributed by atoms with E-state index >= 15 is 0 Å². The van der Waals surface area contributed by atoms with Crippen molar-refractivity contribution < 1.29 is 5.11 Å². The fraction of sp³-hybridized carbons (Fsp3) is 0.462. The number of nitrogens with one attached hydrogen (secondary N) is 1. The van der Waals surface area contributed by atoms with Gasteiger partial charge in [0.1, 0.15) is 11.8 Å². The molecule has 0 heterocycles. The van der Waals surface area contributed by atoms with Gasteiger partial charge in [-0.1, -0.05) is 5.11 Å². The molecule has 1 unspecified atom stereocenters. The Morgan fingerprint density at radius 3 is 2.63 bits per heavy atom. The van der Waals surface area contributed by atoms with Gasteiger partial charge >= 0.3 is 0 Å². The van der Waals surface area contributed by atoms with Crippen molar-refractivity contribution in [3.63, 3.8) is 0 Å². The van der Waals surface area contributed by atoms with Gasteiger partial charge in [-0.3, -0.25) is 5.32 Å². The van der Waals surface area contributed by atoms with Crippen LogP contribution in [0.5, 0.6) is 5.75 Å².